The minimum Gasteiger partial charge on any atom is -0.348 e. The quantitative estimate of drug-likeness (QED) is 0.255. The number of aryl methyl sites for hydroxylation is 1. The second-order valence-corrected chi connectivity index (χ2v) is 9.24. The third kappa shape index (κ3) is 9.33. The highest BCUT2D eigenvalue weighted by Crippen LogP contribution is 2.28. The smallest absolute Gasteiger partial charge is 0.185 e. The van der Waals surface area contributed by atoms with Gasteiger partial charge in [0.2, 0.25) is 0 Å². The van der Waals surface area contributed by atoms with Gasteiger partial charge in [0.25, 0.3) is 0 Å². The second-order valence-electron chi connectivity index (χ2n) is 8.40. The van der Waals surface area contributed by atoms with Crippen molar-refractivity contribution in [2.45, 2.75) is 97.8 Å². The van der Waals surface area contributed by atoms with Crippen LogP contribution in [0.1, 0.15) is 96.5 Å². The largest absolute Gasteiger partial charge is 0.348 e. The normalized spacial score (nSPS) is 11.1. The van der Waals surface area contributed by atoms with Gasteiger partial charge in [-0.25, -0.2) is 4.98 Å². The van der Waals surface area contributed by atoms with Crippen LogP contribution in [0.25, 0.3) is 11.3 Å². The van der Waals surface area contributed by atoms with Crippen LogP contribution in [0.2, 0.25) is 0 Å². The van der Waals surface area contributed by atoms with Crippen LogP contribution in [-0.4, -0.2) is 18.1 Å². The average Bonchev–Trinajstić information content (AvgIpc) is 3.22. The maximum Gasteiger partial charge on any atom is 0.185 e. The van der Waals surface area contributed by atoms with Gasteiger partial charge in [0.05, 0.1) is 5.69 Å². The van der Waals surface area contributed by atoms with E-state index in [1.54, 1.807) is 0 Å². The Morgan fingerprint density at radius 3 is 1.79 bits per heavy atom. The molecular formula is C26H42N2S. The number of thiazole rings is 1. The molecule has 3 heteroatoms. The summed E-state index contributed by atoms with van der Waals surface area (Å²) >= 11 is 1.82. The zero-order valence-electron chi connectivity index (χ0n) is 19.1. The van der Waals surface area contributed by atoms with Crippen LogP contribution >= 0.6 is 11.3 Å². The minimum atomic E-state index is 1.13. The summed E-state index contributed by atoms with van der Waals surface area (Å²) in [4.78, 5) is 7.57. The van der Waals surface area contributed by atoms with Crippen molar-refractivity contribution in [1.29, 1.82) is 0 Å². The lowest BCUT2D eigenvalue weighted by atomic mass is 10.1. The molecule has 2 aromatic rings. The van der Waals surface area contributed by atoms with Gasteiger partial charge in [-0.1, -0.05) is 108 Å². The van der Waals surface area contributed by atoms with Crippen LogP contribution < -0.4 is 4.90 Å². The first-order valence-electron chi connectivity index (χ1n) is 12.0. The summed E-state index contributed by atoms with van der Waals surface area (Å²) in [6.45, 7) is 9.02. The van der Waals surface area contributed by atoms with Gasteiger partial charge in [0.15, 0.2) is 5.13 Å². The van der Waals surface area contributed by atoms with Crippen LogP contribution in [0.4, 0.5) is 5.13 Å². The molecule has 0 unspecified atom stereocenters. The van der Waals surface area contributed by atoms with E-state index < -0.39 is 0 Å². The fourth-order valence-electron chi connectivity index (χ4n) is 3.74. The van der Waals surface area contributed by atoms with E-state index in [4.69, 9.17) is 4.98 Å². The van der Waals surface area contributed by atoms with E-state index in [0.29, 0.717) is 0 Å². The summed E-state index contributed by atoms with van der Waals surface area (Å²) in [5.74, 6) is 0. The first-order valence-corrected chi connectivity index (χ1v) is 12.9. The number of aromatic nitrogens is 1. The SMILES string of the molecule is CCCCCCCCN(CCCCCCCC)c1nc(-c2ccc(C)cc2)cs1. The van der Waals surface area contributed by atoms with Gasteiger partial charge in [0.1, 0.15) is 0 Å². The van der Waals surface area contributed by atoms with Crippen molar-refractivity contribution in [3.05, 3.63) is 35.2 Å². The van der Waals surface area contributed by atoms with Crippen molar-refractivity contribution >= 4 is 16.5 Å². The van der Waals surface area contributed by atoms with Gasteiger partial charge in [0, 0.05) is 24.0 Å². The van der Waals surface area contributed by atoms with Crippen molar-refractivity contribution in [2.24, 2.45) is 0 Å². The highest BCUT2D eigenvalue weighted by atomic mass is 32.1. The van der Waals surface area contributed by atoms with E-state index in [0.717, 1.165) is 18.8 Å². The lowest BCUT2D eigenvalue weighted by Crippen LogP contribution is -2.25. The predicted octanol–water partition coefficient (Wildman–Crippen LogP) is 8.65. The molecule has 162 valence electrons. The van der Waals surface area contributed by atoms with Crippen molar-refractivity contribution in [3.8, 4) is 11.3 Å². The molecule has 0 bridgehead atoms. The van der Waals surface area contributed by atoms with Gasteiger partial charge in [-0.3, -0.25) is 0 Å². The number of rotatable bonds is 16. The predicted molar refractivity (Wildman–Crippen MR) is 131 cm³/mol. The molecule has 0 N–H and O–H groups in total. The van der Waals surface area contributed by atoms with Gasteiger partial charge >= 0.3 is 0 Å². The first-order chi connectivity index (χ1) is 14.2. The fourth-order valence-corrected chi connectivity index (χ4v) is 4.62. The fraction of sp³-hybridized carbons (Fsp3) is 0.654. The molecule has 29 heavy (non-hydrogen) atoms. The Morgan fingerprint density at radius 1 is 0.724 bits per heavy atom. The average molecular weight is 415 g/mol. The maximum atomic E-state index is 5.01. The van der Waals surface area contributed by atoms with E-state index in [9.17, 15) is 0 Å². The van der Waals surface area contributed by atoms with E-state index in [1.807, 2.05) is 11.3 Å². The van der Waals surface area contributed by atoms with Gasteiger partial charge in [-0.05, 0) is 19.8 Å². The molecule has 1 aromatic carbocycles. The molecule has 0 fully saturated rings. The Labute approximate surface area is 183 Å². The lowest BCUT2D eigenvalue weighted by molar-refractivity contribution is 0.574. The summed E-state index contributed by atoms with van der Waals surface area (Å²) in [6, 6.07) is 8.75. The highest BCUT2D eigenvalue weighted by molar-refractivity contribution is 7.14. The van der Waals surface area contributed by atoms with Gasteiger partial charge < -0.3 is 4.90 Å². The van der Waals surface area contributed by atoms with Crippen LogP contribution in [0.5, 0.6) is 0 Å². The van der Waals surface area contributed by atoms with E-state index in [1.165, 1.54) is 93.3 Å². The number of anilines is 1. The van der Waals surface area contributed by atoms with Crippen molar-refractivity contribution in [1.82, 2.24) is 4.98 Å². The third-order valence-corrected chi connectivity index (χ3v) is 6.57. The summed E-state index contributed by atoms with van der Waals surface area (Å²) in [5.41, 5.74) is 3.66. The third-order valence-electron chi connectivity index (χ3n) is 5.67. The molecule has 0 saturated carbocycles. The van der Waals surface area contributed by atoms with Crippen LogP contribution in [-0.2, 0) is 0 Å². The number of unbranched alkanes of at least 4 members (excludes halogenated alkanes) is 10. The summed E-state index contributed by atoms with van der Waals surface area (Å²) in [7, 11) is 0. The van der Waals surface area contributed by atoms with Gasteiger partial charge in [-0.15, -0.1) is 11.3 Å². The van der Waals surface area contributed by atoms with Crippen molar-refractivity contribution in [3.63, 3.8) is 0 Å². The monoisotopic (exact) mass is 414 g/mol. The van der Waals surface area contributed by atoms with Crippen LogP contribution in [0.15, 0.2) is 29.6 Å². The molecule has 0 atom stereocenters. The first kappa shape index (κ1) is 23.9. The van der Waals surface area contributed by atoms with Crippen LogP contribution in [0.3, 0.4) is 0 Å². The van der Waals surface area contributed by atoms with Crippen molar-refractivity contribution < 1.29 is 0 Å². The van der Waals surface area contributed by atoms with Crippen LogP contribution in [0, 0.1) is 6.92 Å². The Bertz CT molecular complexity index is 631. The second kappa shape index (κ2) is 14.6. The molecule has 0 amide bonds. The molecule has 0 aliphatic rings. The Morgan fingerprint density at radius 2 is 1.24 bits per heavy atom. The number of nitrogens with zero attached hydrogens (tertiary/aromatic N) is 2. The molecule has 0 aliphatic heterocycles. The zero-order chi connectivity index (χ0) is 20.7. The summed E-state index contributed by atoms with van der Waals surface area (Å²) < 4.78 is 0. The Hall–Kier alpha value is -1.35. The van der Waals surface area contributed by atoms with Crippen molar-refractivity contribution in [2.75, 3.05) is 18.0 Å². The van der Waals surface area contributed by atoms with E-state index >= 15 is 0 Å². The molecule has 2 rings (SSSR count). The zero-order valence-corrected chi connectivity index (χ0v) is 19.9. The van der Waals surface area contributed by atoms with E-state index in [-0.39, 0.29) is 0 Å². The summed E-state index contributed by atoms with van der Waals surface area (Å²) in [6.07, 6.45) is 16.2. The molecule has 2 nitrogen and oxygen atoms in total. The number of benzene rings is 1. The molecule has 0 aliphatic carbocycles. The van der Waals surface area contributed by atoms with E-state index in [2.05, 4.69) is 55.3 Å². The molecule has 0 saturated heterocycles. The molecule has 1 heterocycles. The maximum absolute atomic E-state index is 5.01. The minimum absolute atomic E-state index is 1.13. The van der Waals surface area contributed by atoms with Gasteiger partial charge in [-0.2, -0.15) is 0 Å². The lowest BCUT2D eigenvalue weighted by Gasteiger charge is -2.22. The highest BCUT2D eigenvalue weighted by Gasteiger charge is 2.12. The molecule has 1 aromatic heterocycles. The Balaban J connectivity index is 1.89. The summed E-state index contributed by atoms with van der Waals surface area (Å²) in [5, 5.41) is 3.44. The topological polar surface area (TPSA) is 16.1 Å². The number of hydrogen-bond donors (Lipinski definition) is 0. The molecular weight excluding hydrogens is 372 g/mol. The molecule has 0 radical (unpaired) electrons. The number of hydrogen-bond acceptors (Lipinski definition) is 3. The Kier molecular flexibility index (Phi) is 12.0. The molecule has 0 spiro atoms. The standard InChI is InChI=1S/C26H42N2S/c1-4-6-8-10-12-14-20-28(21-15-13-11-9-7-5-2)26-27-25(22-29-26)24-18-16-23(3)17-19-24/h16-19,22H,4-15,20-21H2,1-3H3.